The number of nitrogens with zero attached hydrogens (tertiary/aromatic N) is 1. The summed E-state index contributed by atoms with van der Waals surface area (Å²) in [6.45, 7) is 0. The Morgan fingerprint density at radius 2 is 1.88 bits per heavy atom. The maximum atomic E-state index is 12.0. The van der Waals surface area contributed by atoms with Crippen LogP contribution >= 0.6 is 23.2 Å². The fourth-order valence-corrected chi connectivity index (χ4v) is 2.45. The molecular formula is C17H9Cl2NO4. The molecule has 3 rings (SSSR count). The summed E-state index contributed by atoms with van der Waals surface area (Å²) < 4.78 is 5.10. The lowest BCUT2D eigenvalue weighted by Crippen LogP contribution is -2.11. The average Bonchev–Trinajstić information content (AvgIpc) is 2.92. The van der Waals surface area contributed by atoms with Crippen LogP contribution in [-0.4, -0.2) is 22.9 Å². The number of halogens is 2. The molecule has 1 aliphatic rings. The zero-order valence-electron chi connectivity index (χ0n) is 12.0. The van der Waals surface area contributed by atoms with Crippen LogP contribution in [0.4, 0.5) is 0 Å². The van der Waals surface area contributed by atoms with Gasteiger partial charge in [-0.3, -0.25) is 0 Å². The Morgan fingerprint density at radius 1 is 1.12 bits per heavy atom. The zero-order valence-corrected chi connectivity index (χ0v) is 13.5. The van der Waals surface area contributed by atoms with Gasteiger partial charge in [-0.2, -0.15) is 0 Å². The molecule has 0 fully saturated rings. The highest BCUT2D eigenvalue weighted by Gasteiger charge is 2.27. The molecule has 1 heterocycles. The monoisotopic (exact) mass is 361 g/mol. The molecule has 2 aromatic rings. The van der Waals surface area contributed by atoms with Gasteiger partial charge in [0.1, 0.15) is 0 Å². The molecule has 0 saturated carbocycles. The van der Waals surface area contributed by atoms with Crippen LogP contribution in [0.3, 0.4) is 0 Å². The normalized spacial score (nSPS) is 15.3. The van der Waals surface area contributed by atoms with Crippen molar-refractivity contribution < 1.29 is 19.4 Å². The number of hydrogen-bond acceptors (Lipinski definition) is 4. The summed E-state index contributed by atoms with van der Waals surface area (Å²) in [5.74, 6) is -1.85. The third kappa shape index (κ3) is 3.18. The van der Waals surface area contributed by atoms with Gasteiger partial charge in [0.05, 0.1) is 21.2 Å². The largest absolute Gasteiger partial charge is 0.478 e. The molecule has 0 radical (unpaired) electrons. The minimum absolute atomic E-state index is 0.000151. The van der Waals surface area contributed by atoms with Gasteiger partial charge in [0.2, 0.25) is 5.90 Å². The minimum atomic E-state index is -1.13. The van der Waals surface area contributed by atoms with Gasteiger partial charge in [-0.15, -0.1) is 0 Å². The van der Waals surface area contributed by atoms with Crippen LogP contribution < -0.4 is 0 Å². The molecule has 0 unspecified atom stereocenters. The quantitative estimate of drug-likeness (QED) is 0.661. The second-order valence-corrected chi connectivity index (χ2v) is 5.67. The number of carbonyl (C=O) groups is 2. The number of carboxylic acids is 1. The first-order chi connectivity index (χ1) is 11.5. The van der Waals surface area contributed by atoms with E-state index in [4.69, 9.17) is 27.9 Å². The SMILES string of the molecule is O=C1OC(c2ccccc2C(=O)O)=N/C1=C/c1ccc(Cl)c(Cl)c1. The number of aliphatic imine (C=N–C) groups is 1. The van der Waals surface area contributed by atoms with Crippen molar-refractivity contribution in [2.45, 2.75) is 0 Å². The number of rotatable bonds is 3. The van der Waals surface area contributed by atoms with Gasteiger partial charge < -0.3 is 9.84 Å². The molecule has 0 spiro atoms. The number of benzene rings is 2. The number of esters is 1. The van der Waals surface area contributed by atoms with E-state index in [1.54, 1.807) is 30.3 Å². The van der Waals surface area contributed by atoms with E-state index in [0.29, 0.717) is 15.6 Å². The fraction of sp³-hybridized carbons (Fsp3) is 0. The van der Waals surface area contributed by atoms with Crippen molar-refractivity contribution in [3.8, 4) is 0 Å². The summed E-state index contributed by atoms with van der Waals surface area (Å²) in [6.07, 6.45) is 1.49. The predicted octanol–water partition coefficient (Wildman–Crippen LogP) is 4.04. The first-order valence-corrected chi connectivity index (χ1v) is 7.51. The highest BCUT2D eigenvalue weighted by atomic mass is 35.5. The van der Waals surface area contributed by atoms with Gasteiger partial charge >= 0.3 is 11.9 Å². The Kier molecular flexibility index (Phi) is 4.38. The summed E-state index contributed by atoms with van der Waals surface area (Å²) in [5, 5.41) is 9.95. The number of cyclic esters (lactones) is 1. The molecule has 5 nitrogen and oxygen atoms in total. The van der Waals surface area contributed by atoms with E-state index < -0.39 is 11.9 Å². The van der Waals surface area contributed by atoms with E-state index in [-0.39, 0.29) is 22.7 Å². The number of carbonyl (C=O) groups excluding carboxylic acids is 1. The Bertz CT molecular complexity index is 919. The Hall–Kier alpha value is -2.63. The van der Waals surface area contributed by atoms with Crippen molar-refractivity contribution in [1.29, 1.82) is 0 Å². The Balaban J connectivity index is 2.01. The van der Waals surface area contributed by atoms with Crippen molar-refractivity contribution in [2.75, 3.05) is 0 Å². The number of carboxylic acid groups (broad SMARTS) is 1. The highest BCUT2D eigenvalue weighted by molar-refractivity contribution is 6.42. The molecule has 120 valence electrons. The van der Waals surface area contributed by atoms with Crippen LogP contribution in [0, 0.1) is 0 Å². The number of ether oxygens (including phenoxy) is 1. The van der Waals surface area contributed by atoms with Crippen molar-refractivity contribution in [2.24, 2.45) is 4.99 Å². The first-order valence-electron chi connectivity index (χ1n) is 6.76. The van der Waals surface area contributed by atoms with Crippen LogP contribution in [0.15, 0.2) is 53.2 Å². The molecule has 0 atom stereocenters. The first kappa shape index (κ1) is 16.2. The lowest BCUT2D eigenvalue weighted by atomic mass is 10.1. The predicted molar refractivity (Wildman–Crippen MR) is 90.5 cm³/mol. The Morgan fingerprint density at radius 3 is 2.58 bits per heavy atom. The molecule has 2 aromatic carbocycles. The average molecular weight is 362 g/mol. The number of hydrogen-bond donors (Lipinski definition) is 1. The van der Waals surface area contributed by atoms with Crippen LogP contribution in [0.25, 0.3) is 6.08 Å². The van der Waals surface area contributed by atoms with E-state index >= 15 is 0 Å². The van der Waals surface area contributed by atoms with Crippen molar-refractivity contribution in [3.63, 3.8) is 0 Å². The second-order valence-electron chi connectivity index (χ2n) is 4.86. The van der Waals surface area contributed by atoms with Gasteiger partial charge in [-0.1, -0.05) is 41.4 Å². The standard InChI is InChI=1S/C17H9Cl2NO4/c18-12-6-5-9(7-13(12)19)8-14-17(23)24-15(20-14)10-3-1-2-4-11(10)16(21)22/h1-8H,(H,21,22)/b14-8+. The van der Waals surface area contributed by atoms with Gasteiger partial charge in [0.15, 0.2) is 5.70 Å². The lowest BCUT2D eigenvalue weighted by Gasteiger charge is -2.03. The van der Waals surface area contributed by atoms with Gasteiger partial charge in [0.25, 0.3) is 0 Å². The maximum Gasteiger partial charge on any atom is 0.363 e. The zero-order chi connectivity index (χ0) is 17.3. The van der Waals surface area contributed by atoms with E-state index in [0.717, 1.165) is 0 Å². The third-order valence-corrected chi connectivity index (χ3v) is 3.99. The molecule has 0 aliphatic carbocycles. The molecule has 24 heavy (non-hydrogen) atoms. The van der Waals surface area contributed by atoms with Crippen molar-refractivity contribution in [1.82, 2.24) is 0 Å². The van der Waals surface area contributed by atoms with Gasteiger partial charge in [0, 0.05) is 0 Å². The van der Waals surface area contributed by atoms with Gasteiger partial charge in [-0.25, -0.2) is 14.6 Å². The molecular weight excluding hydrogens is 353 g/mol. The van der Waals surface area contributed by atoms with Crippen LogP contribution in [0.2, 0.25) is 10.0 Å². The smallest absolute Gasteiger partial charge is 0.363 e. The molecule has 0 amide bonds. The van der Waals surface area contributed by atoms with Crippen LogP contribution in [0.5, 0.6) is 0 Å². The summed E-state index contributed by atoms with van der Waals surface area (Å²) in [5.41, 5.74) is 0.896. The van der Waals surface area contributed by atoms with Crippen molar-refractivity contribution >= 4 is 47.1 Å². The third-order valence-electron chi connectivity index (χ3n) is 3.26. The topological polar surface area (TPSA) is 76.0 Å². The summed E-state index contributed by atoms with van der Waals surface area (Å²) in [7, 11) is 0. The Labute approximate surface area is 146 Å². The fourth-order valence-electron chi connectivity index (χ4n) is 2.14. The molecule has 7 heteroatoms. The lowest BCUT2D eigenvalue weighted by molar-refractivity contribution is -0.129. The van der Waals surface area contributed by atoms with Crippen LogP contribution in [0.1, 0.15) is 21.5 Å². The second kappa shape index (κ2) is 6.47. The summed E-state index contributed by atoms with van der Waals surface area (Å²) >= 11 is 11.8. The molecule has 1 N–H and O–H groups in total. The summed E-state index contributed by atoms with van der Waals surface area (Å²) in [4.78, 5) is 27.3. The van der Waals surface area contributed by atoms with E-state index in [1.807, 2.05) is 0 Å². The van der Waals surface area contributed by atoms with Gasteiger partial charge in [-0.05, 0) is 35.9 Å². The van der Waals surface area contributed by atoms with E-state index in [9.17, 15) is 14.7 Å². The molecule has 0 bridgehead atoms. The molecule has 0 saturated heterocycles. The number of aromatic carboxylic acids is 1. The molecule has 0 aromatic heterocycles. The van der Waals surface area contributed by atoms with E-state index in [2.05, 4.69) is 4.99 Å². The van der Waals surface area contributed by atoms with E-state index in [1.165, 1.54) is 18.2 Å². The maximum absolute atomic E-state index is 12.0. The van der Waals surface area contributed by atoms with Crippen molar-refractivity contribution in [3.05, 3.63) is 74.9 Å². The summed E-state index contributed by atoms with van der Waals surface area (Å²) in [6, 6.07) is 11.0. The molecule has 1 aliphatic heterocycles. The highest BCUT2D eigenvalue weighted by Crippen LogP contribution is 2.26. The van der Waals surface area contributed by atoms with Crippen LogP contribution in [-0.2, 0) is 9.53 Å². The minimum Gasteiger partial charge on any atom is -0.478 e.